The quantitative estimate of drug-likeness (QED) is 0.744. The van der Waals surface area contributed by atoms with Crippen molar-refractivity contribution in [2.75, 3.05) is 13.6 Å². The van der Waals surface area contributed by atoms with Gasteiger partial charge in [-0.3, -0.25) is 9.97 Å². The van der Waals surface area contributed by atoms with Crippen LogP contribution in [0.2, 0.25) is 0 Å². The van der Waals surface area contributed by atoms with Crippen LogP contribution in [0.25, 0.3) is 11.0 Å². The molecule has 112 valence electrons. The second kappa shape index (κ2) is 5.54. The number of aromatic nitrogens is 3. The van der Waals surface area contributed by atoms with Crippen molar-refractivity contribution in [2.45, 2.75) is 25.9 Å². The van der Waals surface area contributed by atoms with E-state index in [9.17, 15) is 0 Å². The fourth-order valence-electron chi connectivity index (χ4n) is 3.42. The summed E-state index contributed by atoms with van der Waals surface area (Å²) in [7, 11) is 2.18. The van der Waals surface area contributed by atoms with Crippen LogP contribution in [0.3, 0.4) is 0 Å². The molecule has 4 heteroatoms. The third-order valence-electron chi connectivity index (χ3n) is 4.51. The molecule has 0 radical (unpaired) electrons. The van der Waals surface area contributed by atoms with Gasteiger partial charge in [-0.2, -0.15) is 0 Å². The highest BCUT2D eigenvalue weighted by Crippen LogP contribution is 2.29. The van der Waals surface area contributed by atoms with Crippen molar-refractivity contribution in [2.24, 2.45) is 0 Å². The highest BCUT2D eigenvalue weighted by molar-refractivity contribution is 5.81. The first kappa shape index (κ1) is 13.5. The first-order valence-corrected chi connectivity index (χ1v) is 7.86. The molecule has 4 nitrogen and oxygen atoms in total. The van der Waals surface area contributed by atoms with E-state index < -0.39 is 0 Å². The number of likely N-dealkylation sites (N-methyl/N-ethyl adjacent to an activating group) is 1. The molecule has 0 aromatic carbocycles. The lowest BCUT2D eigenvalue weighted by Gasteiger charge is -2.24. The molecule has 1 aliphatic rings. The van der Waals surface area contributed by atoms with Crippen LogP contribution in [0.15, 0.2) is 42.7 Å². The molecular formula is C18H20N4. The Balaban J connectivity index is 1.74. The van der Waals surface area contributed by atoms with E-state index in [-0.39, 0.29) is 0 Å². The molecule has 0 saturated carbocycles. The normalized spacial score (nSPS) is 15.1. The Morgan fingerprint density at radius 2 is 2.00 bits per heavy atom. The summed E-state index contributed by atoms with van der Waals surface area (Å²) in [6.07, 6.45) is 5.83. The third kappa shape index (κ3) is 2.29. The Kier molecular flexibility index (Phi) is 3.39. The predicted octanol–water partition coefficient (Wildman–Crippen LogP) is 2.66. The molecule has 0 unspecified atom stereocenters. The summed E-state index contributed by atoms with van der Waals surface area (Å²) in [4.78, 5) is 11.5. The second-order valence-corrected chi connectivity index (χ2v) is 6.01. The van der Waals surface area contributed by atoms with Crippen molar-refractivity contribution in [3.63, 3.8) is 0 Å². The van der Waals surface area contributed by atoms with E-state index in [0.29, 0.717) is 0 Å². The minimum absolute atomic E-state index is 0.960. The van der Waals surface area contributed by atoms with Gasteiger partial charge in [-0.25, -0.2) is 0 Å². The largest absolute Gasteiger partial charge is 0.343 e. The minimum atomic E-state index is 0.960. The molecule has 0 N–H and O–H groups in total. The Morgan fingerprint density at radius 3 is 2.86 bits per heavy atom. The van der Waals surface area contributed by atoms with Gasteiger partial charge in [-0.05, 0) is 31.3 Å². The van der Waals surface area contributed by atoms with Crippen LogP contribution in [0.5, 0.6) is 0 Å². The van der Waals surface area contributed by atoms with E-state index in [4.69, 9.17) is 0 Å². The van der Waals surface area contributed by atoms with Crippen molar-refractivity contribution in [3.05, 3.63) is 59.7 Å². The molecule has 3 aromatic heterocycles. The fourth-order valence-corrected chi connectivity index (χ4v) is 3.42. The van der Waals surface area contributed by atoms with Gasteiger partial charge in [-0.1, -0.05) is 6.07 Å². The molecule has 4 heterocycles. The first-order valence-electron chi connectivity index (χ1n) is 7.86. The zero-order valence-electron chi connectivity index (χ0n) is 12.9. The maximum atomic E-state index is 4.64. The number of rotatable bonds is 3. The Hall–Kier alpha value is -2.20. The van der Waals surface area contributed by atoms with Crippen molar-refractivity contribution >= 4 is 11.0 Å². The fraction of sp³-hybridized carbons (Fsp3) is 0.333. The number of fused-ring (bicyclic) bond motifs is 3. The van der Waals surface area contributed by atoms with Crippen molar-refractivity contribution < 1.29 is 0 Å². The van der Waals surface area contributed by atoms with E-state index in [1.54, 1.807) is 0 Å². The van der Waals surface area contributed by atoms with Crippen LogP contribution in [0.1, 0.15) is 17.0 Å². The van der Waals surface area contributed by atoms with Gasteiger partial charge in [0.1, 0.15) is 0 Å². The van der Waals surface area contributed by atoms with Crippen LogP contribution in [-0.2, 0) is 25.9 Å². The summed E-state index contributed by atoms with van der Waals surface area (Å²) in [6, 6.07) is 10.4. The highest BCUT2D eigenvalue weighted by atomic mass is 15.1. The lowest BCUT2D eigenvalue weighted by molar-refractivity contribution is 0.309. The summed E-state index contributed by atoms with van der Waals surface area (Å²) < 4.78 is 2.46. The molecule has 0 atom stereocenters. The molecule has 4 rings (SSSR count). The molecule has 0 saturated heterocycles. The molecule has 22 heavy (non-hydrogen) atoms. The van der Waals surface area contributed by atoms with Crippen LogP contribution in [0, 0.1) is 0 Å². The smallest absolute Gasteiger partial charge is 0.0928 e. The van der Waals surface area contributed by atoms with Gasteiger partial charge in [0.15, 0.2) is 0 Å². The Bertz CT molecular complexity index is 791. The summed E-state index contributed by atoms with van der Waals surface area (Å²) in [6.45, 7) is 3.09. The zero-order valence-corrected chi connectivity index (χ0v) is 12.9. The SMILES string of the molecule is CN1CCc2c(c3ncccc3n2CCc2ccccn2)C1. The number of hydrogen-bond acceptors (Lipinski definition) is 3. The van der Waals surface area contributed by atoms with E-state index in [0.717, 1.165) is 38.2 Å². The van der Waals surface area contributed by atoms with Crippen molar-refractivity contribution in [1.29, 1.82) is 0 Å². The van der Waals surface area contributed by atoms with E-state index in [1.165, 1.54) is 22.3 Å². The lowest BCUT2D eigenvalue weighted by atomic mass is 10.1. The topological polar surface area (TPSA) is 34.0 Å². The standard InChI is InChI=1S/C18H20N4/c1-21-11-8-16-15(13-21)18-17(6-4-10-20-18)22(16)12-7-14-5-2-3-9-19-14/h2-6,9-10H,7-8,11-13H2,1H3. The molecule has 3 aromatic rings. The maximum absolute atomic E-state index is 4.64. The van der Waals surface area contributed by atoms with E-state index >= 15 is 0 Å². The van der Waals surface area contributed by atoms with E-state index in [1.807, 2.05) is 24.5 Å². The number of nitrogens with zero attached hydrogens (tertiary/aromatic N) is 4. The van der Waals surface area contributed by atoms with Gasteiger partial charge in [0.25, 0.3) is 0 Å². The lowest BCUT2D eigenvalue weighted by Crippen LogP contribution is -2.27. The van der Waals surface area contributed by atoms with E-state index in [2.05, 4.69) is 44.7 Å². The number of hydrogen-bond donors (Lipinski definition) is 0. The van der Waals surface area contributed by atoms with Gasteiger partial charge < -0.3 is 9.47 Å². The zero-order chi connectivity index (χ0) is 14.9. The monoisotopic (exact) mass is 292 g/mol. The molecular weight excluding hydrogens is 272 g/mol. The van der Waals surface area contributed by atoms with Gasteiger partial charge in [0, 0.05) is 61.8 Å². The first-order chi connectivity index (χ1) is 10.8. The highest BCUT2D eigenvalue weighted by Gasteiger charge is 2.22. The molecule has 0 spiro atoms. The van der Waals surface area contributed by atoms with Crippen LogP contribution < -0.4 is 0 Å². The predicted molar refractivity (Wildman–Crippen MR) is 87.7 cm³/mol. The van der Waals surface area contributed by atoms with Crippen LogP contribution in [-0.4, -0.2) is 33.0 Å². The van der Waals surface area contributed by atoms with Gasteiger partial charge in [-0.15, -0.1) is 0 Å². The average molecular weight is 292 g/mol. The molecule has 0 aliphatic carbocycles. The molecule has 0 bridgehead atoms. The average Bonchev–Trinajstić information content (AvgIpc) is 2.87. The summed E-state index contributed by atoms with van der Waals surface area (Å²) >= 11 is 0. The summed E-state index contributed by atoms with van der Waals surface area (Å²) in [5, 5.41) is 0. The van der Waals surface area contributed by atoms with Crippen molar-refractivity contribution in [1.82, 2.24) is 19.4 Å². The van der Waals surface area contributed by atoms with Crippen LogP contribution in [0.4, 0.5) is 0 Å². The summed E-state index contributed by atoms with van der Waals surface area (Å²) in [5.74, 6) is 0. The number of aryl methyl sites for hydroxylation is 2. The molecule has 0 fully saturated rings. The third-order valence-corrected chi connectivity index (χ3v) is 4.51. The number of pyridine rings is 2. The summed E-state index contributed by atoms with van der Waals surface area (Å²) in [5.41, 5.74) is 6.45. The van der Waals surface area contributed by atoms with Gasteiger partial charge in [0.2, 0.25) is 0 Å². The maximum Gasteiger partial charge on any atom is 0.0928 e. The second-order valence-electron chi connectivity index (χ2n) is 6.01. The Morgan fingerprint density at radius 1 is 1.09 bits per heavy atom. The Labute approximate surface area is 130 Å². The minimum Gasteiger partial charge on any atom is -0.343 e. The molecule has 1 aliphatic heterocycles. The van der Waals surface area contributed by atoms with Crippen LogP contribution >= 0.6 is 0 Å². The molecule has 0 amide bonds. The van der Waals surface area contributed by atoms with Gasteiger partial charge in [0.05, 0.1) is 11.0 Å². The van der Waals surface area contributed by atoms with Crippen molar-refractivity contribution in [3.8, 4) is 0 Å². The van der Waals surface area contributed by atoms with Gasteiger partial charge >= 0.3 is 0 Å².